The summed E-state index contributed by atoms with van der Waals surface area (Å²) in [6.07, 6.45) is 4.16. The number of hydrogen-bond acceptors (Lipinski definition) is 2. The molecule has 2 aliphatic rings. The van der Waals surface area contributed by atoms with Gasteiger partial charge in [0.2, 0.25) is 5.91 Å². The van der Waals surface area contributed by atoms with Crippen molar-refractivity contribution < 1.29 is 4.79 Å². The summed E-state index contributed by atoms with van der Waals surface area (Å²) < 4.78 is 0. The first-order valence-electron chi connectivity index (χ1n) is 6.11. The van der Waals surface area contributed by atoms with E-state index in [-0.39, 0.29) is 12.4 Å². The second-order valence-electron chi connectivity index (χ2n) is 5.43. The van der Waals surface area contributed by atoms with Crippen molar-refractivity contribution in [2.24, 2.45) is 17.1 Å². The number of nitrogens with zero attached hydrogens (tertiary/aromatic N) is 1. The Morgan fingerprint density at radius 3 is 2.44 bits per heavy atom. The average Bonchev–Trinajstić information content (AvgIpc) is 2.92. The Labute approximate surface area is 104 Å². The first-order chi connectivity index (χ1) is 7.07. The van der Waals surface area contributed by atoms with Crippen LogP contribution in [0.2, 0.25) is 0 Å². The number of halogens is 1. The SMILES string of the molecule is CCC1(C)CC1C(=O)N1CCC(N)CC1.Cl. The summed E-state index contributed by atoms with van der Waals surface area (Å²) in [6.45, 7) is 6.15. The minimum atomic E-state index is 0. The number of rotatable bonds is 2. The number of likely N-dealkylation sites (tertiary alicyclic amines) is 1. The first kappa shape index (κ1) is 13.8. The summed E-state index contributed by atoms with van der Waals surface area (Å²) in [5.41, 5.74) is 6.13. The van der Waals surface area contributed by atoms with Crippen LogP contribution in [-0.2, 0) is 4.79 Å². The number of carbonyl (C=O) groups is 1. The van der Waals surface area contributed by atoms with Crippen molar-refractivity contribution in [1.82, 2.24) is 4.90 Å². The molecule has 0 aromatic heterocycles. The maximum atomic E-state index is 12.1. The van der Waals surface area contributed by atoms with E-state index in [0.717, 1.165) is 38.8 Å². The zero-order chi connectivity index (χ0) is 11.1. The summed E-state index contributed by atoms with van der Waals surface area (Å²) in [6, 6.07) is 0.311. The summed E-state index contributed by atoms with van der Waals surface area (Å²) in [4.78, 5) is 14.1. The van der Waals surface area contributed by atoms with Gasteiger partial charge < -0.3 is 10.6 Å². The van der Waals surface area contributed by atoms with E-state index in [0.29, 0.717) is 23.3 Å². The van der Waals surface area contributed by atoms with Crippen LogP contribution in [0.15, 0.2) is 0 Å². The van der Waals surface area contributed by atoms with E-state index >= 15 is 0 Å². The number of nitrogens with two attached hydrogens (primary N) is 1. The average molecular weight is 247 g/mol. The Kier molecular flexibility index (Phi) is 4.24. The molecule has 0 bridgehead atoms. The second kappa shape index (κ2) is 4.92. The molecule has 2 fully saturated rings. The third kappa shape index (κ3) is 2.51. The van der Waals surface area contributed by atoms with Crippen LogP contribution in [0.1, 0.15) is 39.5 Å². The minimum absolute atomic E-state index is 0. The molecule has 0 spiro atoms. The Morgan fingerprint density at radius 2 is 2.00 bits per heavy atom. The van der Waals surface area contributed by atoms with Crippen molar-refractivity contribution >= 4 is 18.3 Å². The highest BCUT2D eigenvalue weighted by molar-refractivity contribution is 5.85. The molecule has 16 heavy (non-hydrogen) atoms. The lowest BCUT2D eigenvalue weighted by Crippen LogP contribution is -2.44. The van der Waals surface area contributed by atoms with Gasteiger partial charge in [-0.25, -0.2) is 0 Å². The molecule has 2 N–H and O–H groups in total. The molecule has 2 rings (SSSR count). The van der Waals surface area contributed by atoms with Crippen LogP contribution in [0.4, 0.5) is 0 Å². The van der Waals surface area contributed by atoms with E-state index in [1.807, 2.05) is 4.90 Å². The van der Waals surface area contributed by atoms with Gasteiger partial charge in [0.1, 0.15) is 0 Å². The van der Waals surface area contributed by atoms with Crippen LogP contribution >= 0.6 is 12.4 Å². The fourth-order valence-electron chi connectivity index (χ4n) is 2.52. The van der Waals surface area contributed by atoms with Crippen molar-refractivity contribution in [1.29, 1.82) is 0 Å². The monoisotopic (exact) mass is 246 g/mol. The van der Waals surface area contributed by atoms with Crippen molar-refractivity contribution in [3.05, 3.63) is 0 Å². The lowest BCUT2D eigenvalue weighted by Gasteiger charge is -2.30. The van der Waals surface area contributed by atoms with Gasteiger partial charge >= 0.3 is 0 Å². The van der Waals surface area contributed by atoms with Crippen LogP contribution in [0.5, 0.6) is 0 Å². The molecular formula is C12H23ClN2O. The molecule has 1 saturated heterocycles. The van der Waals surface area contributed by atoms with Crippen LogP contribution in [-0.4, -0.2) is 29.9 Å². The minimum Gasteiger partial charge on any atom is -0.342 e. The molecule has 1 aliphatic carbocycles. The van der Waals surface area contributed by atoms with Gasteiger partial charge in [-0.3, -0.25) is 4.79 Å². The van der Waals surface area contributed by atoms with Gasteiger partial charge in [-0.1, -0.05) is 13.8 Å². The maximum Gasteiger partial charge on any atom is 0.226 e. The molecular weight excluding hydrogens is 224 g/mol. The highest BCUT2D eigenvalue weighted by Gasteiger charge is 2.54. The summed E-state index contributed by atoms with van der Waals surface area (Å²) >= 11 is 0. The van der Waals surface area contributed by atoms with Gasteiger partial charge in [0.15, 0.2) is 0 Å². The third-order valence-electron chi connectivity index (χ3n) is 4.31. The molecule has 2 unspecified atom stereocenters. The van der Waals surface area contributed by atoms with Crippen molar-refractivity contribution in [2.75, 3.05) is 13.1 Å². The molecule has 94 valence electrons. The summed E-state index contributed by atoms with van der Waals surface area (Å²) in [5.74, 6) is 0.683. The Balaban J connectivity index is 0.00000128. The fourth-order valence-corrected chi connectivity index (χ4v) is 2.52. The summed E-state index contributed by atoms with van der Waals surface area (Å²) in [5, 5.41) is 0. The van der Waals surface area contributed by atoms with Gasteiger partial charge in [-0.15, -0.1) is 12.4 Å². The lowest BCUT2D eigenvalue weighted by molar-refractivity contribution is -0.134. The molecule has 2 atom stereocenters. The predicted octanol–water partition coefficient (Wildman–Crippen LogP) is 1.79. The molecule has 0 aromatic carbocycles. The smallest absolute Gasteiger partial charge is 0.226 e. The van der Waals surface area contributed by atoms with Gasteiger partial charge in [0, 0.05) is 25.0 Å². The Bertz CT molecular complexity index is 264. The standard InChI is InChI=1S/C12H22N2O.ClH/c1-3-12(2)8-10(12)11(15)14-6-4-9(13)5-7-14;/h9-10H,3-8,13H2,1-2H3;1H. The van der Waals surface area contributed by atoms with E-state index < -0.39 is 0 Å². The Hall–Kier alpha value is -0.280. The molecule has 1 aliphatic heterocycles. The van der Waals surface area contributed by atoms with Crippen LogP contribution in [0, 0.1) is 11.3 Å². The van der Waals surface area contributed by atoms with Gasteiger partial charge in [0.05, 0.1) is 0 Å². The second-order valence-corrected chi connectivity index (χ2v) is 5.43. The first-order valence-corrected chi connectivity index (χ1v) is 6.11. The lowest BCUT2D eigenvalue weighted by atomic mass is 10.0. The molecule has 4 heteroatoms. The van der Waals surface area contributed by atoms with Crippen LogP contribution in [0.25, 0.3) is 0 Å². The highest BCUT2D eigenvalue weighted by Crippen LogP contribution is 2.55. The van der Waals surface area contributed by atoms with Crippen molar-refractivity contribution in [2.45, 2.75) is 45.6 Å². The topological polar surface area (TPSA) is 46.3 Å². The van der Waals surface area contributed by atoms with Crippen molar-refractivity contribution in [3.8, 4) is 0 Å². The zero-order valence-electron chi connectivity index (χ0n) is 10.2. The van der Waals surface area contributed by atoms with E-state index in [4.69, 9.17) is 5.73 Å². The largest absolute Gasteiger partial charge is 0.342 e. The van der Waals surface area contributed by atoms with Crippen LogP contribution < -0.4 is 5.73 Å². The van der Waals surface area contributed by atoms with E-state index in [9.17, 15) is 4.79 Å². The van der Waals surface area contributed by atoms with Gasteiger partial charge in [-0.2, -0.15) is 0 Å². The fraction of sp³-hybridized carbons (Fsp3) is 0.917. The van der Waals surface area contributed by atoms with E-state index in [1.165, 1.54) is 0 Å². The highest BCUT2D eigenvalue weighted by atomic mass is 35.5. The molecule has 1 amide bonds. The molecule has 1 saturated carbocycles. The van der Waals surface area contributed by atoms with Crippen molar-refractivity contribution in [3.63, 3.8) is 0 Å². The normalized spacial score (nSPS) is 34.4. The predicted molar refractivity (Wildman–Crippen MR) is 67.5 cm³/mol. The quantitative estimate of drug-likeness (QED) is 0.808. The number of amides is 1. The van der Waals surface area contributed by atoms with Gasteiger partial charge in [0.25, 0.3) is 0 Å². The summed E-state index contributed by atoms with van der Waals surface area (Å²) in [7, 11) is 0. The number of carbonyl (C=O) groups excluding carboxylic acids is 1. The van der Waals surface area contributed by atoms with E-state index in [2.05, 4.69) is 13.8 Å². The molecule has 1 heterocycles. The molecule has 0 aromatic rings. The number of piperidine rings is 1. The van der Waals surface area contributed by atoms with Crippen LogP contribution in [0.3, 0.4) is 0 Å². The zero-order valence-corrected chi connectivity index (χ0v) is 11.1. The van der Waals surface area contributed by atoms with Gasteiger partial charge in [-0.05, 0) is 31.1 Å². The number of hydrogen-bond donors (Lipinski definition) is 1. The van der Waals surface area contributed by atoms with E-state index in [1.54, 1.807) is 0 Å². The third-order valence-corrected chi connectivity index (χ3v) is 4.31. The Morgan fingerprint density at radius 1 is 1.44 bits per heavy atom. The molecule has 3 nitrogen and oxygen atoms in total. The maximum absolute atomic E-state index is 12.1. The molecule has 0 radical (unpaired) electrons.